The first kappa shape index (κ1) is 17.2. The van der Waals surface area contributed by atoms with Crippen LogP contribution in [0.25, 0.3) is 11.8 Å². The minimum atomic E-state index is -0.175. The van der Waals surface area contributed by atoms with Gasteiger partial charge in [0.2, 0.25) is 5.91 Å². The molecule has 0 unspecified atom stereocenters. The molecule has 3 aromatic rings. The van der Waals surface area contributed by atoms with Gasteiger partial charge in [-0.15, -0.1) is 11.3 Å². The van der Waals surface area contributed by atoms with Crippen molar-refractivity contribution in [1.29, 1.82) is 0 Å². The monoisotopic (exact) mass is 351 g/mol. The Kier molecular flexibility index (Phi) is 4.86. The maximum absolute atomic E-state index is 12.3. The van der Waals surface area contributed by atoms with Gasteiger partial charge in [0.25, 0.3) is 0 Å². The van der Waals surface area contributed by atoms with E-state index < -0.39 is 0 Å². The van der Waals surface area contributed by atoms with Gasteiger partial charge in [0.05, 0.1) is 11.4 Å². The van der Waals surface area contributed by atoms with E-state index in [9.17, 15) is 4.79 Å². The summed E-state index contributed by atoms with van der Waals surface area (Å²) in [6, 6.07) is 15.7. The summed E-state index contributed by atoms with van der Waals surface area (Å²) in [4.78, 5) is 13.4. The fraction of sp³-hybridized carbons (Fsp3) is 0.200. The Hall–Kier alpha value is -2.66. The number of nitrogens with zero attached hydrogens (tertiary/aromatic N) is 2. The van der Waals surface area contributed by atoms with Crippen LogP contribution in [0.15, 0.2) is 60.0 Å². The van der Waals surface area contributed by atoms with Gasteiger partial charge >= 0.3 is 0 Å². The van der Waals surface area contributed by atoms with Gasteiger partial charge in [-0.3, -0.25) is 4.79 Å². The molecule has 0 aliphatic rings. The molecule has 0 saturated heterocycles. The van der Waals surface area contributed by atoms with Crippen LogP contribution in [0, 0.1) is 0 Å². The molecule has 0 aliphatic heterocycles. The molecule has 25 heavy (non-hydrogen) atoms. The van der Waals surface area contributed by atoms with E-state index >= 15 is 0 Å². The highest BCUT2D eigenvalue weighted by Gasteiger charge is 2.21. The lowest BCUT2D eigenvalue weighted by Crippen LogP contribution is -2.13. The number of aromatic nitrogens is 2. The van der Waals surface area contributed by atoms with Crippen LogP contribution in [-0.2, 0) is 10.2 Å². The van der Waals surface area contributed by atoms with E-state index in [2.05, 4.69) is 26.1 Å². The third-order valence-corrected chi connectivity index (χ3v) is 4.51. The van der Waals surface area contributed by atoms with Crippen molar-refractivity contribution < 1.29 is 4.79 Å². The third kappa shape index (κ3) is 4.25. The minimum Gasteiger partial charge on any atom is -0.307 e. The Morgan fingerprint density at radius 2 is 1.92 bits per heavy atom. The first-order valence-corrected chi connectivity index (χ1v) is 9.00. The zero-order valence-electron chi connectivity index (χ0n) is 14.6. The quantitative estimate of drug-likeness (QED) is 0.681. The number of carbonyl (C=O) groups excluding carboxylic acids is 1. The van der Waals surface area contributed by atoms with Crippen molar-refractivity contribution in [2.75, 3.05) is 5.32 Å². The number of thiophene rings is 1. The average Bonchev–Trinajstić information content (AvgIpc) is 3.23. The molecule has 0 atom stereocenters. The Balaban J connectivity index is 1.89. The molecule has 128 valence electrons. The normalized spacial score (nSPS) is 11.8. The summed E-state index contributed by atoms with van der Waals surface area (Å²) < 4.78 is 1.78. The van der Waals surface area contributed by atoms with Crippen molar-refractivity contribution >= 4 is 29.1 Å². The smallest absolute Gasteiger partial charge is 0.249 e. The Labute approximate surface area is 151 Å². The molecule has 5 heteroatoms. The van der Waals surface area contributed by atoms with E-state index in [1.807, 2.05) is 60.0 Å². The zero-order chi connectivity index (χ0) is 17.9. The van der Waals surface area contributed by atoms with Crippen molar-refractivity contribution in [3.8, 4) is 5.69 Å². The number of hydrogen-bond donors (Lipinski definition) is 1. The molecule has 0 fully saturated rings. The van der Waals surface area contributed by atoms with Crippen LogP contribution in [0.1, 0.15) is 31.3 Å². The molecule has 4 nitrogen and oxygen atoms in total. The number of nitrogens with one attached hydrogen (secondary N) is 1. The minimum absolute atomic E-state index is 0.105. The van der Waals surface area contributed by atoms with Gasteiger partial charge in [-0.25, -0.2) is 4.68 Å². The van der Waals surface area contributed by atoms with Gasteiger partial charge in [-0.1, -0.05) is 45.0 Å². The summed E-state index contributed by atoms with van der Waals surface area (Å²) in [6.07, 6.45) is 3.36. The molecule has 0 saturated carbocycles. The van der Waals surface area contributed by atoms with E-state index in [1.165, 1.54) is 0 Å². The highest BCUT2D eigenvalue weighted by Crippen LogP contribution is 2.26. The van der Waals surface area contributed by atoms with E-state index in [0.29, 0.717) is 5.82 Å². The van der Waals surface area contributed by atoms with E-state index in [1.54, 1.807) is 22.1 Å². The summed E-state index contributed by atoms with van der Waals surface area (Å²) in [5.41, 5.74) is 1.73. The number of para-hydroxylation sites is 1. The SMILES string of the molecule is CC(C)(C)c1cc(NC(=O)C=Cc2cccs2)n(-c2ccccc2)n1. The molecule has 2 aromatic heterocycles. The first-order chi connectivity index (χ1) is 11.9. The van der Waals surface area contributed by atoms with Crippen molar-refractivity contribution in [1.82, 2.24) is 9.78 Å². The fourth-order valence-electron chi connectivity index (χ4n) is 2.31. The van der Waals surface area contributed by atoms with Gasteiger partial charge in [0.15, 0.2) is 0 Å². The maximum atomic E-state index is 12.3. The van der Waals surface area contributed by atoms with Gasteiger partial charge < -0.3 is 5.32 Å². The van der Waals surface area contributed by atoms with Crippen molar-refractivity contribution in [3.63, 3.8) is 0 Å². The third-order valence-electron chi connectivity index (χ3n) is 3.67. The maximum Gasteiger partial charge on any atom is 0.249 e. The highest BCUT2D eigenvalue weighted by molar-refractivity contribution is 7.10. The second-order valence-corrected chi connectivity index (χ2v) is 7.73. The van der Waals surface area contributed by atoms with Crippen LogP contribution in [0.4, 0.5) is 5.82 Å². The van der Waals surface area contributed by atoms with Gasteiger partial charge in [0, 0.05) is 22.4 Å². The lowest BCUT2D eigenvalue weighted by atomic mass is 9.92. The first-order valence-electron chi connectivity index (χ1n) is 8.12. The van der Waals surface area contributed by atoms with Crippen LogP contribution in [0.5, 0.6) is 0 Å². The standard InChI is InChI=1S/C20H21N3OS/c1-20(2,3)17-14-18(23(22-17)15-8-5-4-6-9-15)21-19(24)12-11-16-10-7-13-25-16/h4-14H,1-3H3,(H,21,24). The number of carbonyl (C=O) groups is 1. The predicted octanol–water partition coefficient (Wildman–Crippen LogP) is 4.88. The number of amides is 1. The molecular formula is C20H21N3OS. The summed E-state index contributed by atoms with van der Waals surface area (Å²) in [7, 11) is 0. The molecule has 3 rings (SSSR count). The summed E-state index contributed by atoms with van der Waals surface area (Å²) >= 11 is 1.59. The largest absolute Gasteiger partial charge is 0.307 e. The number of anilines is 1. The summed E-state index contributed by atoms with van der Waals surface area (Å²) in [6.45, 7) is 6.31. The van der Waals surface area contributed by atoms with Gasteiger partial charge in [-0.2, -0.15) is 5.10 Å². The van der Waals surface area contributed by atoms with Crippen molar-refractivity contribution in [2.24, 2.45) is 0 Å². The van der Waals surface area contributed by atoms with Crippen LogP contribution >= 0.6 is 11.3 Å². The van der Waals surface area contributed by atoms with E-state index in [0.717, 1.165) is 16.3 Å². The lowest BCUT2D eigenvalue weighted by Gasteiger charge is -2.14. The molecular weight excluding hydrogens is 330 g/mol. The molecule has 0 radical (unpaired) electrons. The number of benzene rings is 1. The van der Waals surface area contributed by atoms with Gasteiger partial charge in [0.1, 0.15) is 5.82 Å². The lowest BCUT2D eigenvalue weighted by molar-refractivity contribution is -0.111. The van der Waals surface area contributed by atoms with Crippen LogP contribution in [-0.4, -0.2) is 15.7 Å². The molecule has 1 aromatic carbocycles. The fourth-order valence-corrected chi connectivity index (χ4v) is 2.93. The Morgan fingerprint density at radius 1 is 1.16 bits per heavy atom. The average molecular weight is 351 g/mol. The van der Waals surface area contributed by atoms with Crippen LogP contribution in [0.2, 0.25) is 0 Å². The number of hydrogen-bond acceptors (Lipinski definition) is 3. The Bertz CT molecular complexity index is 872. The Morgan fingerprint density at radius 3 is 2.56 bits per heavy atom. The topological polar surface area (TPSA) is 46.9 Å². The second-order valence-electron chi connectivity index (χ2n) is 6.75. The molecule has 0 aliphatic carbocycles. The molecule has 1 amide bonds. The predicted molar refractivity (Wildman–Crippen MR) is 104 cm³/mol. The van der Waals surface area contributed by atoms with Gasteiger partial charge in [-0.05, 0) is 29.7 Å². The molecule has 0 spiro atoms. The highest BCUT2D eigenvalue weighted by atomic mass is 32.1. The molecule has 0 bridgehead atoms. The van der Waals surface area contributed by atoms with E-state index in [-0.39, 0.29) is 11.3 Å². The van der Waals surface area contributed by atoms with Crippen molar-refractivity contribution in [2.45, 2.75) is 26.2 Å². The summed E-state index contributed by atoms with van der Waals surface area (Å²) in [5, 5.41) is 9.62. The van der Waals surface area contributed by atoms with Crippen molar-refractivity contribution in [3.05, 3.63) is 70.6 Å². The van der Waals surface area contributed by atoms with E-state index in [4.69, 9.17) is 5.10 Å². The molecule has 1 N–H and O–H groups in total. The van der Waals surface area contributed by atoms with Crippen LogP contribution < -0.4 is 5.32 Å². The summed E-state index contributed by atoms with van der Waals surface area (Å²) in [5.74, 6) is 0.489. The second kappa shape index (κ2) is 7.07. The zero-order valence-corrected chi connectivity index (χ0v) is 15.4. The molecule has 2 heterocycles. The number of rotatable bonds is 4. The van der Waals surface area contributed by atoms with Crippen LogP contribution in [0.3, 0.4) is 0 Å².